The summed E-state index contributed by atoms with van der Waals surface area (Å²) >= 11 is 0. The summed E-state index contributed by atoms with van der Waals surface area (Å²) in [5, 5.41) is 3.26. The molecule has 1 heterocycles. The van der Waals surface area contributed by atoms with Crippen molar-refractivity contribution in [3.05, 3.63) is 59.4 Å². The predicted octanol–water partition coefficient (Wildman–Crippen LogP) is 3.14. The molecular formula is C17H23N3. The maximum Gasteiger partial charge on any atom is 0.0430 e. The van der Waals surface area contributed by atoms with E-state index in [9.17, 15) is 0 Å². The Morgan fingerprint density at radius 2 is 1.90 bits per heavy atom. The van der Waals surface area contributed by atoms with Crippen molar-refractivity contribution < 1.29 is 0 Å². The third-order valence-electron chi connectivity index (χ3n) is 3.45. The van der Waals surface area contributed by atoms with Crippen molar-refractivity contribution in [2.45, 2.75) is 26.9 Å². The SMILES string of the molecule is CCN(Cc1ccncc1)c1ccc(C)cc1CNC. The molecule has 0 amide bonds. The Labute approximate surface area is 121 Å². The van der Waals surface area contributed by atoms with Gasteiger partial charge >= 0.3 is 0 Å². The van der Waals surface area contributed by atoms with Crippen molar-refractivity contribution in [3.8, 4) is 0 Å². The number of rotatable bonds is 6. The third-order valence-corrected chi connectivity index (χ3v) is 3.45. The van der Waals surface area contributed by atoms with Crippen LogP contribution in [0, 0.1) is 6.92 Å². The van der Waals surface area contributed by atoms with Crippen molar-refractivity contribution in [1.82, 2.24) is 10.3 Å². The summed E-state index contributed by atoms with van der Waals surface area (Å²) in [5.41, 5.74) is 5.25. The number of nitrogens with one attached hydrogen (secondary N) is 1. The zero-order valence-corrected chi connectivity index (χ0v) is 12.6. The fourth-order valence-electron chi connectivity index (χ4n) is 2.43. The molecule has 0 bridgehead atoms. The first-order valence-electron chi connectivity index (χ1n) is 7.12. The first-order valence-corrected chi connectivity index (χ1v) is 7.12. The average Bonchev–Trinajstić information content (AvgIpc) is 2.47. The van der Waals surface area contributed by atoms with E-state index in [2.05, 4.69) is 59.4 Å². The Morgan fingerprint density at radius 3 is 2.55 bits per heavy atom. The molecule has 0 aliphatic heterocycles. The van der Waals surface area contributed by atoms with E-state index < -0.39 is 0 Å². The molecule has 1 aromatic heterocycles. The number of nitrogens with zero attached hydrogens (tertiary/aromatic N) is 2. The monoisotopic (exact) mass is 269 g/mol. The van der Waals surface area contributed by atoms with Gasteiger partial charge in [0.05, 0.1) is 0 Å². The average molecular weight is 269 g/mol. The third kappa shape index (κ3) is 3.58. The van der Waals surface area contributed by atoms with E-state index in [4.69, 9.17) is 0 Å². The van der Waals surface area contributed by atoms with Crippen molar-refractivity contribution in [2.24, 2.45) is 0 Å². The highest BCUT2D eigenvalue weighted by Gasteiger charge is 2.10. The maximum absolute atomic E-state index is 4.08. The molecule has 3 heteroatoms. The smallest absolute Gasteiger partial charge is 0.0430 e. The highest BCUT2D eigenvalue weighted by atomic mass is 15.1. The van der Waals surface area contributed by atoms with Gasteiger partial charge in [-0.3, -0.25) is 4.98 Å². The molecular weight excluding hydrogens is 246 g/mol. The molecule has 106 valence electrons. The predicted molar refractivity (Wildman–Crippen MR) is 84.9 cm³/mol. The lowest BCUT2D eigenvalue weighted by atomic mass is 10.1. The molecule has 0 saturated heterocycles. The zero-order chi connectivity index (χ0) is 14.4. The lowest BCUT2D eigenvalue weighted by Crippen LogP contribution is -2.24. The second-order valence-electron chi connectivity index (χ2n) is 5.03. The molecule has 0 aliphatic rings. The molecule has 2 rings (SSSR count). The number of aromatic nitrogens is 1. The fourth-order valence-corrected chi connectivity index (χ4v) is 2.43. The van der Waals surface area contributed by atoms with Crippen molar-refractivity contribution in [3.63, 3.8) is 0 Å². The van der Waals surface area contributed by atoms with Crippen LogP contribution in [0.5, 0.6) is 0 Å². The Morgan fingerprint density at radius 1 is 1.15 bits per heavy atom. The van der Waals surface area contributed by atoms with Gasteiger partial charge in [0.1, 0.15) is 0 Å². The minimum absolute atomic E-state index is 0.893. The van der Waals surface area contributed by atoms with Crippen LogP contribution in [-0.2, 0) is 13.1 Å². The molecule has 20 heavy (non-hydrogen) atoms. The summed E-state index contributed by atoms with van der Waals surface area (Å²) in [6, 6.07) is 10.8. The van der Waals surface area contributed by atoms with Gasteiger partial charge in [-0.25, -0.2) is 0 Å². The second-order valence-corrected chi connectivity index (χ2v) is 5.03. The van der Waals surface area contributed by atoms with E-state index in [1.807, 2.05) is 19.4 Å². The summed E-state index contributed by atoms with van der Waals surface area (Å²) < 4.78 is 0. The first-order chi connectivity index (χ1) is 9.74. The molecule has 0 radical (unpaired) electrons. The number of hydrogen-bond acceptors (Lipinski definition) is 3. The van der Waals surface area contributed by atoms with Gasteiger partial charge < -0.3 is 10.2 Å². The van der Waals surface area contributed by atoms with E-state index >= 15 is 0 Å². The lowest BCUT2D eigenvalue weighted by molar-refractivity contribution is 0.783. The Bertz CT molecular complexity index is 537. The van der Waals surface area contributed by atoms with Crippen molar-refractivity contribution in [2.75, 3.05) is 18.5 Å². The van der Waals surface area contributed by atoms with E-state index in [0.29, 0.717) is 0 Å². The van der Waals surface area contributed by atoms with E-state index in [0.717, 1.165) is 19.6 Å². The van der Waals surface area contributed by atoms with Gasteiger partial charge in [-0.1, -0.05) is 17.7 Å². The largest absolute Gasteiger partial charge is 0.367 e. The summed E-state index contributed by atoms with van der Waals surface area (Å²) in [5.74, 6) is 0. The van der Waals surface area contributed by atoms with Crippen molar-refractivity contribution >= 4 is 5.69 Å². The van der Waals surface area contributed by atoms with Gasteiger partial charge in [-0.2, -0.15) is 0 Å². The van der Waals surface area contributed by atoms with Crippen LogP contribution >= 0.6 is 0 Å². The van der Waals surface area contributed by atoms with Crippen molar-refractivity contribution in [1.29, 1.82) is 0 Å². The molecule has 3 nitrogen and oxygen atoms in total. The van der Waals surface area contributed by atoms with E-state index in [1.165, 1.54) is 22.4 Å². The zero-order valence-electron chi connectivity index (χ0n) is 12.6. The van der Waals surface area contributed by atoms with Gasteiger partial charge in [0.25, 0.3) is 0 Å². The number of aryl methyl sites for hydroxylation is 1. The summed E-state index contributed by atoms with van der Waals surface area (Å²) in [6.45, 7) is 7.14. The maximum atomic E-state index is 4.08. The minimum Gasteiger partial charge on any atom is -0.367 e. The second kappa shape index (κ2) is 7.06. The van der Waals surface area contributed by atoms with Gasteiger partial charge in [0, 0.05) is 37.7 Å². The normalized spacial score (nSPS) is 10.6. The van der Waals surface area contributed by atoms with Gasteiger partial charge in [-0.05, 0) is 50.2 Å². The van der Waals surface area contributed by atoms with Crippen LogP contribution in [0.1, 0.15) is 23.6 Å². The van der Waals surface area contributed by atoms with Crippen LogP contribution in [0.15, 0.2) is 42.7 Å². The summed E-state index contributed by atoms with van der Waals surface area (Å²) in [4.78, 5) is 6.49. The molecule has 0 aliphatic carbocycles. The number of anilines is 1. The molecule has 1 N–H and O–H groups in total. The Balaban J connectivity index is 2.27. The van der Waals surface area contributed by atoms with Gasteiger partial charge in [0.2, 0.25) is 0 Å². The first kappa shape index (κ1) is 14.5. The minimum atomic E-state index is 0.893. The number of pyridine rings is 1. The van der Waals surface area contributed by atoms with E-state index in [-0.39, 0.29) is 0 Å². The molecule has 0 atom stereocenters. The van der Waals surface area contributed by atoms with Crippen LogP contribution < -0.4 is 10.2 Å². The lowest BCUT2D eigenvalue weighted by Gasteiger charge is -2.26. The molecule has 0 spiro atoms. The standard InChI is InChI=1S/C17H23N3/c1-4-20(13-15-7-9-19-10-8-15)17-6-5-14(2)11-16(17)12-18-3/h5-11,18H,4,12-13H2,1-3H3. The Kier molecular flexibility index (Phi) is 5.13. The molecule has 1 aromatic carbocycles. The highest BCUT2D eigenvalue weighted by molar-refractivity contribution is 5.55. The van der Waals surface area contributed by atoms with Crippen LogP contribution in [0.3, 0.4) is 0 Å². The topological polar surface area (TPSA) is 28.2 Å². The van der Waals surface area contributed by atoms with Crippen LogP contribution in [0.25, 0.3) is 0 Å². The molecule has 0 fully saturated rings. The van der Waals surface area contributed by atoms with Gasteiger partial charge in [-0.15, -0.1) is 0 Å². The van der Waals surface area contributed by atoms with Gasteiger partial charge in [0.15, 0.2) is 0 Å². The van der Waals surface area contributed by atoms with E-state index in [1.54, 1.807) is 0 Å². The van der Waals surface area contributed by atoms with Crippen LogP contribution in [-0.4, -0.2) is 18.6 Å². The highest BCUT2D eigenvalue weighted by Crippen LogP contribution is 2.23. The summed E-state index contributed by atoms with van der Waals surface area (Å²) in [6.07, 6.45) is 3.71. The number of benzene rings is 1. The molecule has 2 aromatic rings. The Hall–Kier alpha value is -1.87. The number of hydrogen-bond donors (Lipinski definition) is 1. The van der Waals surface area contributed by atoms with Crippen LogP contribution in [0.4, 0.5) is 5.69 Å². The quantitative estimate of drug-likeness (QED) is 0.873. The molecule has 0 unspecified atom stereocenters. The fraction of sp³-hybridized carbons (Fsp3) is 0.353. The summed E-state index contributed by atoms with van der Waals surface area (Å²) in [7, 11) is 1.99. The molecule has 0 saturated carbocycles. The van der Waals surface area contributed by atoms with Crippen LogP contribution in [0.2, 0.25) is 0 Å².